The second-order valence-electron chi connectivity index (χ2n) is 6.28. The molecule has 0 aliphatic heterocycles. The molecule has 0 aromatic carbocycles. The number of aromatic nitrogens is 2. The number of rotatable bonds is 5. The number of amides is 1. The Hall–Kier alpha value is -1.36. The van der Waals surface area contributed by atoms with Crippen molar-refractivity contribution in [3.63, 3.8) is 0 Å². The zero-order valence-corrected chi connectivity index (χ0v) is 13.2. The van der Waals surface area contributed by atoms with Crippen LogP contribution in [0.5, 0.6) is 0 Å². The van der Waals surface area contributed by atoms with Crippen molar-refractivity contribution in [1.82, 2.24) is 15.1 Å². The normalized spacial score (nSPS) is 26.2. The molecule has 1 aromatic rings. The summed E-state index contributed by atoms with van der Waals surface area (Å²) >= 11 is 0. The van der Waals surface area contributed by atoms with Gasteiger partial charge in [-0.1, -0.05) is 6.42 Å². The third kappa shape index (κ3) is 2.27. The van der Waals surface area contributed by atoms with Crippen LogP contribution in [-0.2, 0) is 11.3 Å². The lowest BCUT2D eigenvalue weighted by molar-refractivity contribution is -0.169. The van der Waals surface area contributed by atoms with E-state index in [1.165, 1.54) is 19.3 Å². The molecular weight excluding hydrogens is 266 g/mol. The molecule has 116 valence electrons. The smallest absolute Gasteiger partial charge is 0.269 e. The van der Waals surface area contributed by atoms with Crippen LogP contribution < -0.4 is 5.32 Å². The lowest BCUT2D eigenvalue weighted by atomic mass is 9.51. The topological polar surface area (TPSA) is 56.1 Å². The fourth-order valence-electron chi connectivity index (χ4n) is 3.84. The van der Waals surface area contributed by atoms with Gasteiger partial charge in [-0.25, -0.2) is 0 Å². The van der Waals surface area contributed by atoms with Crippen LogP contribution in [-0.4, -0.2) is 34.4 Å². The fourth-order valence-corrected chi connectivity index (χ4v) is 3.84. The SMILES string of the molecule is CCOC1CC(NC(=O)c2cc(C)nn2CC)C12CCC2. The van der Waals surface area contributed by atoms with Crippen molar-refractivity contribution in [3.8, 4) is 0 Å². The fraction of sp³-hybridized carbons (Fsp3) is 0.750. The minimum absolute atomic E-state index is 0.00340. The highest BCUT2D eigenvalue weighted by Crippen LogP contribution is 2.57. The maximum Gasteiger partial charge on any atom is 0.269 e. The lowest BCUT2D eigenvalue weighted by Crippen LogP contribution is -2.67. The minimum atomic E-state index is 0.00340. The van der Waals surface area contributed by atoms with E-state index in [-0.39, 0.29) is 17.4 Å². The monoisotopic (exact) mass is 291 g/mol. The van der Waals surface area contributed by atoms with Crippen molar-refractivity contribution in [1.29, 1.82) is 0 Å². The van der Waals surface area contributed by atoms with Gasteiger partial charge < -0.3 is 10.1 Å². The Kier molecular flexibility index (Phi) is 3.78. The van der Waals surface area contributed by atoms with Crippen LogP contribution in [0.3, 0.4) is 0 Å². The number of hydrogen-bond donors (Lipinski definition) is 1. The molecule has 21 heavy (non-hydrogen) atoms. The molecule has 1 N–H and O–H groups in total. The predicted molar refractivity (Wildman–Crippen MR) is 80.2 cm³/mol. The summed E-state index contributed by atoms with van der Waals surface area (Å²) in [4.78, 5) is 12.5. The molecule has 1 amide bonds. The van der Waals surface area contributed by atoms with Crippen LogP contribution in [0.1, 0.15) is 55.7 Å². The third-order valence-corrected chi connectivity index (χ3v) is 5.18. The van der Waals surface area contributed by atoms with Crippen molar-refractivity contribution >= 4 is 5.91 Å². The Morgan fingerprint density at radius 3 is 2.86 bits per heavy atom. The summed E-state index contributed by atoms with van der Waals surface area (Å²) < 4.78 is 7.61. The molecule has 0 radical (unpaired) electrons. The van der Waals surface area contributed by atoms with Crippen molar-refractivity contribution in [3.05, 3.63) is 17.5 Å². The highest BCUT2D eigenvalue weighted by atomic mass is 16.5. The predicted octanol–water partition coefficient (Wildman–Crippen LogP) is 2.29. The summed E-state index contributed by atoms with van der Waals surface area (Å²) in [7, 11) is 0. The zero-order valence-electron chi connectivity index (χ0n) is 13.2. The van der Waals surface area contributed by atoms with Gasteiger partial charge in [0.05, 0.1) is 11.8 Å². The second kappa shape index (κ2) is 5.44. The minimum Gasteiger partial charge on any atom is -0.378 e. The van der Waals surface area contributed by atoms with E-state index >= 15 is 0 Å². The highest BCUT2D eigenvalue weighted by molar-refractivity contribution is 5.93. The Bertz CT molecular complexity index is 534. The molecule has 1 aromatic heterocycles. The van der Waals surface area contributed by atoms with E-state index in [1.807, 2.05) is 26.8 Å². The lowest BCUT2D eigenvalue weighted by Gasteiger charge is -2.60. The highest BCUT2D eigenvalue weighted by Gasteiger charge is 2.59. The maximum atomic E-state index is 12.5. The van der Waals surface area contributed by atoms with Crippen LogP contribution in [0, 0.1) is 12.3 Å². The van der Waals surface area contributed by atoms with Crippen molar-refractivity contribution in [2.75, 3.05) is 6.61 Å². The second-order valence-corrected chi connectivity index (χ2v) is 6.28. The number of nitrogens with zero attached hydrogens (tertiary/aromatic N) is 2. The summed E-state index contributed by atoms with van der Waals surface area (Å²) in [5.41, 5.74) is 1.77. The van der Waals surface area contributed by atoms with Gasteiger partial charge in [-0.15, -0.1) is 0 Å². The van der Waals surface area contributed by atoms with Gasteiger partial charge in [-0.2, -0.15) is 5.10 Å². The zero-order chi connectivity index (χ0) is 15.0. The molecule has 2 aliphatic rings. The first-order valence-corrected chi connectivity index (χ1v) is 8.07. The first-order chi connectivity index (χ1) is 10.1. The molecule has 2 unspecified atom stereocenters. The summed E-state index contributed by atoms with van der Waals surface area (Å²) in [6, 6.07) is 2.13. The van der Waals surface area contributed by atoms with Gasteiger partial charge in [0.2, 0.25) is 0 Å². The molecule has 2 atom stereocenters. The Labute approximate surface area is 126 Å². The average Bonchev–Trinajstić information content (AvgIpc) is 2.76. The van der Waals surface area contributed by atoms with Gasteiger partial charge in [0, 0.05) is 24.6 Å². The van der Waals surface area contributed by atoms with Crippen LogP contribution in [0.15, 0.2) is 6.07 Å². The summed E-state index contributed by atoms with van der Waals surface area (Å²) in [6.45, 7) is 7.44. The summed E-state index contributed by atoms with van der Waals surface area (Å²) in [5.74, 6) is 0.00340. The van der Waals surface area contributed by atoms with E-state index in [1.54, 1.807) is 4.68 Å². The Morgan fingerprint density at radius 1 is 1.52 bits per heavy atom. The maximum absolute atomic E-state index is 12.5. The quantitative estimate of drug-likeness (QED) is 0.905. The van der Waals surface area contributed by atoms with Gasteiger partial charge in [0.15, 0.2) is 0 Å². The van der Waals surface area contributed by atoms with Gasteiger partial charge in [0.1, 0.15) is 5.69 Å². The van der Waals surface area contributed by atoms with Crippen molar-refractivity contribution in [2.45, 2.75) is 65.1 Å². The van der Waals surface area contributed by atoms with Gasteiger partial charge in [-0.05, 0) is 46.1 Å². The van der Waals surface area contributed by atoms with Crippen LogP contribution in [0.25, 0.3) is 0 Å². The van der Waals surface area contributed by atoms with Gasteiger partial charge in [-0.3, -0.25) is 9.48 Å². The van der Waals surface area contributed by atoms with Crippen LogP contribution >= 0.6 is 0 Å². The van der Waals surface area contributed by atoms with Crippen molar-refractivity contribution < 1.29 is 9.53 Å². The number of nitrogens with one attached hydrogen (secondary N) is 1. The number of ether oxygens (including phenoxy) is 1. The number of carbonyl (C=O) groups excluding carboxylic acids is 1. The average molecular weight is 291 g/mol. The molecular formula is C16H25N3O2. The molecule has 5 nitrogen and oxygen atoms in total. The van der Waals surface area contributed by atoms with Crippen LogP contribution in [0.4, 0.5) is 0 Å². The van der Waals surface area contributed by atoms with Gasteiger partial charge in [0.25, 0.3) is 5.91 Å². The molecule has 2 saturated carbocycles. The molecule has 3 rings (SSSR count). The standard InChI is InChI=1S/C16H25N3O2/c1-4-19-12(9-11(3)18-19)15(20)17-13-10-14(21-5-2)16(13)7-6-8-16/h9,13-14H,4-8,10H2,1-3H3,(H,17,20). The first-order valence-electron chi connectivity index (χ1n) is 8.07. The number of hydrogen-bond acceptors (Lipinski definition) is 3. The molecule has 5 heteroatoms. The van der Waals surface area contributed by atoms with E-state index in [0.717, 1.165) is 18.7 Å². The molecule has 1 heterocycles. The van der Waals surface area contributed by atoms with E-state index in [2.05, 4.69) is 10.4 Å². The van der Waals surface area contributed by atoms with Crippen LogP contribution in [0.2, 0.25) is 0 Å². The summed E-state index contributed by atoms with van der Waals surface area (Å²) in [5, 5.41) is 7.57. The third-order valence-electron chi connectivity index (χ3n) is 5.18. The first kappa shape index (κ1) is 14.6. The molecule has 0 saturated heterocycles. The van der Waals surface area contributed by atoms with Gasteiger partial charge >= 0.3 is 0 Å². The Morgan fingerprint density at radius 2 is 2.29 bits per heavy atom. The molecule has 2 aliphatic carbocycles. The van der Waals surface area contributed by atoms with Crippen molar-refractivity contribution in [2.24, 2.45) is 5.41 Å². The molecule has 0 bridgehead atoms. The Balaban J connectivity index is 1.68. The number of aryl methyl sites for hydroxylation is 2. The van der Waals surface area contributed by atoms with E-state index in [9.17, 15) is 4.79 Å². The van der Waals surface area contributed by atoms with E-state index in [4.69, 9.17) is 4.74 Å². The molecule has 1 spiro atoms. The number of carbonyl (C=O) groups is 1. The largest absolute Gasteiger partial charge is 0.378 e. The molecule has 2 fully saturated rings. The van der Waals surface area contributed by atoms with E-state index < -0.39 is 0 Å². The summed E-state index contributed by atoms with van der Waals surface area (Å²) in [6.07, 6.45) is 4.88. The van der Waals surface area contributed by atoms with E-state index in [0.29, 0.717) is 18.3 Å².